The number of hydrogen-bond donors (Lipinski definition) is 0. The van der Waals surface area contributed by atoms with Crippen molar-refractivity contribution in [2.75, 3.05) is 45.8 Å². The molecule has 0 N–H and O–H groups in total. The van der Waals surface area contributed by atoms with Crippen LogP contribution in [0, 0.1) is 0 Å². The monoisotopic (exact) mass is 425 g/mol. The fraction of sp³-hybridized carbons (Fsp3) is 0.565. The first-order chi connectivity index (χ1) is 15.2. The summed E-state index contributed by atoms with van der Waals surface area (Å²) in [6, 6.07) is 9.65. The van der Waals surface area contributed by atoms with E-state index in [2.05, 4.69) is 15.0 Å². The Bertz CT molecular complexity index is 853. The van der Waals surface area contributed by atoms with Gasteiger partial charge in [-0.15, -0.1) is 0 Å². The molecule has 2 fully saturated rings. The quantitative estimate of drug-likeness (QED) is 0.706. The van der Waals surface area contributed by atoms with E-state index in [9.17, 15) is 9.59 Å². The fourth-order valence-corrected chi connectivity index (χ4v) is 4.20. The molecule has 2 aliphatic heterocycles. The summed E-state index contributed by atoms with van der Waals surface area (Å²) in [5.41, 5.74) is 0.898. The summed E-state index contributed by atoms with van der Waals surface area (Å²) in [4.78, 5) is 35.6. The normalized spacial score (nSPS) is 18.1. The molecule has 2 amide bonds. The Balaban J connectivity index is 1.19. The minimum atomic E-state index is 0.0953. The van der Waals surface area contributed by atoms with Gasteiger partial charge in [0, 0.05) is 57.7 Å². The third kappa shape index (κ3) is 5.91. The van der Waals surface area contributed by atoms with E-state index in [1.807, 2.05) is 40.1 Å². The summed E-state index contributed by atoms with van der Waals surface area (Å²) in [6.07, 6.45) is 5.46. The van der Waals surface area contributed by atoms with Crippen molar-refractivity contribution in [3.05, 3.63) is 36.2 Å². The van der Waals surface area contributed by atoms with Gasteiger partial charge in [0.25, 0.3) is 0 Å². The van der Waals surface area contributed by atoms with E-state index in [-0.39, 0.29) is 11.8 Å². The molecule has 0 spiro atoms. The van der Waals surface area contributed by atoms with Crippen LogP contribution < -0.4 is 0 Å². The van der Waals surface area contributed by atoms with Gasteiger partial charge in [0.05, 0.1) is 6.54 Å². The number of aryl methyl sites for hydroxylation is 1. The zero-order valence-corrected chi connectivity index (χ0v) is 18.0. The van der Waals surface area contributed by atoms with Gasteiger partial charge in [-0.25, -0.2) is 0 Å². The van der Waals surface area contributed by atoms with Crippen molar-refractivity contribution in [2.45, 2.75) is 38.5 Å². The highest BCUT2D eigenvalue weighted by atomic mass is 16.5. The van der Waals surface area contributed by atoms with Crippen LogP contribution in [0.15, 0.2) is 34.9 Å². The van der Waals surface area contributed by atoms with Crippen molar-refractivity contribution in [1.29, 1.82) is 0 Å². The van der Waals surface area contributed by atoms with Gasteiger partial charge in [-0.3, -0.25) is 14.5 Å². The molecule has 4 rings (SSSR count). The van der Waals surface area contributed by atoms with Gasteiger partial charge in [0.1, 0.15) is 0 Å². The molecular formula is C23H31N5O3. The first-order valence-corrected chi connectivity index (χ1v) is 11.3. The lowest BCUT2D eigenvalue weighted by atomic mass is 10.2. The molecule has 1 aromatic carbocycles. The molecule has 31 heavy (non-hydrogen) atoms. The van der Waals surface area contributed by atoms with E-state index in [1.165, 1.54) is 12.8 Å². The van der Waals surface area contributed by atoms with E-state index in [0.29, 0.717) is 44.2 Å². The third-order valence-corrected chi connectivity index (χ3v) is 6.10. The summed E-state index contributed by atoms with van der Waals surface area (Å²) in [5.74, 6) is 1.35. The first kappa shape index (κ1) is 21.5. The Hall–Kier alpha value is -2.74. The predicted molar refractivity (Wildman–Crippen MR) is 116 cm³/mol. The SMILES string of the molecule is O=C(CCc1nc(-c2ccccc2)no1)N1CCN(CC(=O)N2CCCCCC2)CC1. The summed E-state index contributed by atoms with van der Waals surface area (Å²) >= 11 is 0. The maximum absolute atomic E-state index is 12.6. The molecule has 2 saturated heterocycles. The number of aromatic nitrogens is 2. The van der Waals surface area contributed by atoms with Gasteiger partial charge in [-0.2, -0.15) is 4.98 Å². The molecular weight excluding hydrogens is 394 g/mol. The van der Waals surface area contributed by atoms with Crippen molar-refractivity contribution >= 4 is 11.8 Å². The average molecular weight is 426 g/mol. The van der Waals surface area contributed by atoms with Gasteiger partial charge in [0.2, 0.25) is 23.5 Å². The summed E-state index contributed by atoms with van der Waals surface area (Å²) in [5, 5.41) is 4.01. The topological polar surface area (TPSA) is 82.8 Å². The highest BCUT2D eigenvalue weighted by Crippen LogP contribution is 2.16. The zero-order valence-electron chi connectivity index (χ0n) is 18.0. The van der Waals surface area contributed by atoms with E-state index in [1.54, 1.807) is 0 Å². The zero-order chi connectivity index (χ0) is 21.5. The Morgan fingerprint density at radius 3 is 2.23 bits per heavy atom. The second-order valence-corrected chi connectivity index (χ2v) is 8.33. The van der Waals surface area contributed by atoms with Crippen LogP contribution in [0.1, 0.15) is 38.0 Å². The van der Waals surface area contributed by atoms with Crippen LogP contribution in [0.25, 0.3) is 11.4 Å². The van der Waals surface area contributed by atoms with Crippen molar-refractivity contribution in [3.63, 3.8) is 0 Å². The summed E-state index contributed by atoms with van der Waals surface area (Å²) < 4.78 is 5.30. The van der Waals surface area contributed by atoms with Gasteiger partial charge in [-0.05, 0) is 12.8 Å². The Kier molecular flexibility index (Phi) is 7.30. The van der Waals surface area contributed by atoms with Crippen LogP contribution in [-0.2, 0) is 16.0 Å². The van der Waals surface area contributed by atoms with Crippen LogP contribution in [-0.4, -0.2) is 82.5 Å². The summed E-state index contributed by atoms with van der Waals surface area (Å²) in [6.45, 7) is 5.04. The minimum Gasteiger partial charge on any atom is -0.342 e. The highest BCUT2D eigenvalue weighted by Gasteiger charge is 2.24. The highest BCUT2D eigenvalue weighted by molar-refractivity contribution is 5.78. The lowest BCUT2D eigenvalue weighted by Gasteiger charge is -2.35. The molecule has 2 aliphatic rings. The minimum absolute atomic E-state index is 0.0953. The molecule has 0 saturated carbocycles. The molecule has 8 heteroatoms. The molecule has 3 heterocycles. The predicted octanol–water partition coefficient (Wildman–Crippen LogP) is 2.22. The third-order valence-electron chi connectivity index (χ3n) is 6.10. The number of piperazine rings is 1. The maximum Gasteiger partial charge on any atom is 0.236 e. The molecule has 0 bridgehead atoms. The van der Waals surface area contributed by atoms with Crippen molar-refractivity contribution in [1.82, 2.24) is 24.8 Å². The first-order valence-electron chi connectivity index (χ1n) is 11.3. The number of benzene rings is 1. The van der Waals surface area contributed by atoms with E-state index in [0.717, 1.165) is 44.6 Å². The van der Waals surface area contributed by atoms with Gasteiger partial charge in [-0.1, -0.05) is 48.3 Å². The number of carbonyl (C=O) groups is 2. The van der Waals surface area contributed by atoms with E-state index < -0.39 is 0 Å². The van der Waals surface area contributed by atoms with E-state index in [4.69, 9.17) is 4.52 Å². The Morgan fingerprint density at radius 2 is 1.52 bits per heavy atom. The molecule has 0 radical (unpaired) electrons. The second-order valence-electron chi connectivity index (χ2n) is 8.33. The van der Waals surface area contributed by atoms with Crippen molar-refractivity contribution in [3.8, 4) is 11.4 Å². The number of carbonyl (C=O) groups excluding carboxylic acids is 2. The lowest BCUT2D eigenvalue weighted by Crippen LogP contribution is -2.51. The second kappa shape index (κ2) is 10.5. The lowest BCUT2D eigenvalue weighted by molar-refractivity contribution is -0.135. The van der Waals surface area contributed by atoms with Gasteiger partial charge in [0.15, 0.2) is 0 Å². The Morgan fingerprint density at radius 1 is 0.839 bits per heavy atom. The van der Waals surface area contributed by atoms with Gasteiger partial charge >= 0.3 is 0 Å². The molecule has 166 valence electrons. The molecule has 0 atom stereocenters. The smallest absolute Gasteiger partial charge is 0.236 e. The number of nitrogens with zero attached hydrogens (tertiary/aromatic N) is 5. The van der Waals surface area contributed by atoms with Crippen molar-refractivity contribution in [2.24, 2.45) is 0 Å². The standard InChI is InChI=1S/C23H31N5O3/c29-21(11-10-20-24-23(25-31-20)19-8-4-3-5-9-19)28-16-14-26(15-17-28)18-22(30)27-12-6-1-2-7-13-27/h3-5,8-9H,1-2,6-7,10-18H2. The van der Waals surface area contributed by atoms with E-state index >= 15 is 0 Å². The van der Waals surface area contributed by atoms with Crippen molar-refractivity contribution < 1.29 is 14.1 Å². The van der Waals surface area contributed by atoms with Gasteiger partial charge < -0.3 is 14.3 Å². The summed E-state index contributed by atoms with van der Waals surface area (Å²) in [7, 11) is 0. The van der Waals surface area contributed by atoms with Crippen LogP contribution >= 0.6 is 0 Å². The number of amides is 2. The number of hydrogen-bond acceptors (Lipinski definition) is 6. The largest absolute Gasteiger partial charge is 0.342 e. The number of likely N-dealkylation sites (tertiary alicyclic amines) is 1. The van der Waals surface area contributed by atoms with Crippen LogP contribution in [0.3, 0.4) is 0 Å². The van der Waals surface area contributed by atoms with Crippen LogP contribution in [0.4, 0.5) is 0 Å². The van der Waals surface area contributed by atoms with Crippen LogP contribution in [0.5, 0.6) is 0 Å². The molecule has 1 aromatic heterocycles. The molecule has 0 aliphatic carbocycles. The Labute approximate surface area is 183 Å². The number of rotatable bonds is 6. The molecule has 8 nitrogen and oxygen atoms in total. The fourth-order valence-electron chi connectivity index (χ4n) is 4.20. The van der Waals surface area contributed by atoms with Crippen LogP contribution in [0.2, 0.25) is 0 Å². The average Bonchev–Trinajstić information content (AvgIpc) is 3.11. The maximum atomic E-state index is 12.6. The molecule has 2 aromatic rings. The molecule has 0 unspecified atom stereocenters.